The largest absolute Gasteiger partial charge is 0.495 e. The lowest BCUT2D eigenvalue weighted by Crippen LogP contribution is -1.99. The van der Waals surface area contributed by atoms with Gasteiger partial charge in [-0.3, -0.25) is 4.68 Å². The van der Waals surface area contributed by atoms with Crippen molar-refractivity contribution in [3.8, 4) is 5.75 Å². The maximum atomic E-state index is 6.05. The van der Waals surface area contributed by atoms with E-state index in [4.69, 9.17) is 16.3 Å². The van der Waals surface area contributed by atoms with Crippen LogP contribution in [-0.4, -0.2) is 26.9 Å². The van der Waals surface area contributed by atoms with E-state index < -0.39 is 0 Å². The molecule has 0 unspecified atom stereocenters. The molecule has 6 nitrogen and oxygen atoms in total. The van der Waals surface area contributed by atoms with E-state index in [1.54, 1.807) is 30.0 Å². The first-order valence-corrected chi connectivity index (χ1v) is 6.73. The molecule has 0 aliphatic rings. The molecular weight excluding hydrogens is 290 g/mol. The number of halogens is 1. The summed E-state index contributed by atoms with van der Waals surface area (Å²) >= 11 is 6.05. The molecule has 0 saturated heterocycles. The van der Waals surface area contributed by atoms with Gasteiger partial charge in [0.15, 0.2) is 5.65 Å². The van der Waals surface area contributed by atoms with Crippen LogP contribution in [0.3, 0.4) is 0 Å². The Morgan fingerprint density at radius 2 is 2.10 bits per heavy atom. The van der Waals surface area contributed by atoms with Crippen molar-refractivity contribution in [3.05, 3.63) is 35.2 Å². The van der Waals surface area contributed by atoms with E-state index in [2.05, 4.69) is 20.4 Å². The number of aromatic nitrogens is 4. The van der Waals surface area contributed by atoms with Crippen molar-refractivity contribution < 1.29 is 4.74 Å². The maximum Gasteiger partial charge on any atom is 0.163 e. The average Bonchev–Trinajstić information content (AvgIpc) is 2.75. The van der Waals surface area contributed by atoms with Crippen LogP contribution in [0.2, 0.25) is 5.02 Å². The van der Waals surface area contributed by atoms with E-state index in [0.717, 1.165) is 22.4 Å². The fourth-order valence-electron chi connectivity index (χ4n) is 2.28. The SMILES string of the molecule is COc1ccc(Cl)cc1Nc1ncnc2c1c(C)nn2C. The summed E-state index contributed by atoms with van der Waals surface area (Å²) in [7, 11) is 3.46. The molecule has 2 aromatic heterocycles. The number of hydrogen-bond donors (Lipinski definition) is 1. The Hall–Kier alpha value is -2.34. The molecule has 0 spiro atoms. The number of anilines is 2. The molecule has 0 radical (unpaired) electrons. The van der Waals surface area contributed by atoms with Gasteiger partial charge in [-0.1, -0.05) is 11.6 Å². The van der Waals surface area contributed by atoms with Crippen LogP contribution < -0.4 is 10.1 Å². The van der Waals surface area contributed by atoms with Gasteiger partial charge in [-0.2, -0.15) is 5.10 Å². The molecule has 0 aliphatic heterocycles. The Labute approximate surface area is 126 Å². The maximum absolute atomic E-state index is 6.05. The van der Waals surface area contributed by atoms with Gasteiger partial charge in [-0.15, -0.1) is 0 Å². The zero-order chi connectivity index (χ0) is 15.0. The van der Waals surface area contributed by atoms with E-state index in [0.29, 0.717) is 16.6 Å². The second-order valence-corrected chi connectivity index (χ2v) is 5.04. The van der Waals surface area contributed by atoms with E-state index in [1.807, 2.05) is 14.0 Å². The lowest BCUT2D eigenvalue weighted by atomic mass is 10.2. The Morgan fingerprint density at radius 1 is 1.29 bits per heavy atom. The molecule has 2 heterocycles. The number of nitrogens with one attached hydrogen (secondary N) is 1. The van der Waals surface area contributed by atoms with Crippen molar-refractivity contribution in [2.45, 2.75) is 6.92 Å². The van der Waals surface area contributed by atoms with Gasteiger partial charge in [0.25, 0.3) is 0 Å². The Kier molecular flexibility index (Phi) is 3.39. The minimum absolute atomic E-state index is 0.617. The summed E-state index contributed by atoms with van der Waals surface area (Å²) in [6.07, 6.45) is 1.50. The third-order valence-corrected chi connectivity index (χ3v) is 3.45. The first-order chi connectivity index (χ1) is 10.1. The van der Waals surface area contributed by atoms with Gasteiger partial charge < -0.3 is 10.1 Å². The minimum atomic E-state index is 0.617. The summed E-state index contributed by atoms with van der Waals surface area (Å²) < 4.78 is 7.06. The van der Waals surface area contributed by atoms with Gasteiger partial charge in [0.2, 0.25) is 0 Å². The topological polar surface area (TPSA) is 64.9 Å². The number of hydrogen-bond acceptors (Lipinski definition) is 5. The third kappa shape index (κ3) is 2.38. The molecule has 0 aliphatic carbocycles. The molecular formula is C14H14ClN5O. The van der Waals surface area contributed by atoms with E-state index >= 15 is 0 Å². The van der Waals surface area contributed by atoms with Gasteiger partial charge in [0.05, 0.1) is 23.9 Å². The monoisotopic (exact) mass is 303 g/mol. The second-order valence-electron chi connectivity index (χ2n) is 4.60. The standard InChI is InChI=1S/C14H14ClN5O/c1-8-12-13(16-7-17-14(12)20(2)19-8)18-10-6-9(15)4-5-11(10)21-3/h4-7H,1-3H3,(H,16,17,18). The summed E-state index contributed by atoms with van der Waals surface area (Å²) in [6.45, 7) is 1.92. The van der Waals surface area contributed by atoms with Crippen LogP contribution in [-0.2, 0) is 7.05 Å². The normalized spacial score (nSPS) is 10.9. The van der Waals surface area contributed by atoms with E-state index in [9.17, 15) is 0 Å². The number of rotatable bonds is 3. The number of fused-ring (bicyclic) bond motifs is 1. The van der Waals surface area contributed by atoms with E-state index in [-0.39, 0.29) is 0 Å². The minimum Gasteiger partial charge on any atom is -0.495 e. The summed E-state index contributed by atoms with van der Waals surface area (Å²) in [6, 6.07) is 5.37. The van der Waals surface area contributed by atoms with Crippen LogP contribution >= 0.6 is 11.6 Å². The first-order valence-electron chi connectivity index (χ1n) is 6.35. The average molecular weight is 304 g/mol. The predicted molar refractivity (Wildman–Crippen MR) is 82.3 cm³/mol. The highest BCUT2D eigenvalue weighted by Crippen LogP contribution is 2.32. The predicted octanol–water partition coefficient (Wildman–Crippen LogP) is 3.08. The first kappa shape index (κ1) is 13.6. The van der Waals surface area contributed by atoms with Gasteiger partial charge in [0.1, 0.15) is 17.9 Å². The molecule has 0 saturated carbocycles. The fraction of sp³-hybridized carbons (Fsp3) is 0.214. The van der Waals surface area contributed by atoms with Crippen LogP contribution in [0.15, 0.2) is 24.5 Å². The quantitative estimate of drug-likeness (QED) is 0.805. The molecule has 7 heteroatoms. The Morgan fingerprint density at radius 3 is 2.86 bits per heavy atom. The molecule has 3 rings (SSSR count). The molecule has 108 valence electrons. The van der Waals surface area contributed by atoms with Crippen molar-refractivity contribution in [3.63, 3.8) is 0 Å². The summed E-state index contributed by atoms with van der Waals surface area (Å²) in [4.78, 5) is 8.56. The van der Waals surface area contributed by atoms with Crippen molar-refractivity contribution in [1.29, 1.82) is 0 Å². The molecule has 21 heavy (non-hydrogen) atoms. The summed E-state index contributed by atoms with van der Waals surface area (Å²) in [5, 5.41) is 9.11. The van der Waals surface area contributed by atoms with Crippen molar-refractivity contribution in [2.24, 2.45) is 7.05 Å². The van der Waals surface area contributed by atoms with Crippen LogP contribution in [0.25, 0.3) is 11.0 Å². The van der Waals surface area contributed by atoms with Gasteiger partial charge in [0, 0.05) is 12.1 Å². The molecule has 0 fully saturated rings. The number of ether oxygens (including phenoxy) is 1. The Balaban J connectivity index is 2.12. The zero-order valence-corrected chi connectivity index (χ0v) is 12.6. The van der Waals surface area contributed by atoms with Crippen LogP contribution in [0.5, 0.6) is 5.75 Å². The van der Waals surface area contributed by atoms with Crippen LogP contribution in [0.4, 0.5) is 11.5 Å². The lowest BCUT2D eigenvalue weighted by Gasteiger charge is -2.11. The summed E-state index contributed by atoms with van der Waals surface area (Å²) in [5.74, 6) is 1.36. The third-order valence-electron chi connectivity index (χ3n) is 3.21. The molecule has 1 aromatic carbocycles. The molecule has 1 N–H and O–H groups in total. The Bertz CT molecular complexity index is 814. The van der Waals surface area contributed by atoms with Gasteiger partial charge >= 0.3 is 0 Å². The van der Waals surface area contributed by atoms with Gasteiger partial charge in [-0.25, -0.2) is 9.97 Å². The highest BCUT2D eigenvalue weighted by Gasteiger charge is 2.14. The van der Waals surface area contributed by atoms with Crippen molar-refractivity contribution in [2.75, 3.05) is 12.4 Å². The number of aryl methyl sites for hydroxylation is 2. The molecule has 3 aromatic rings. The van der Waals surface area contributed by atoms with Crippen molar-refractivity contribution in [1.82, 2.24) is 19.7 Å². The van der Waals surface area contributed by atoms with Crippen LogP contribution in [0.1, 0.15) is 5.69 Å². The van der Waals surface area contributed by atoms with Crippen LogP contribution in [0, 0.1) is 6.92 Å². The van der Waals surface area contributed by atoms with Crippen molar-refractivity contribution >= 4 is 34.1 Å². The zero-order valence-electron chi connectivity index (χ0n) is 11.9. The molecule has 0 amide bonds. The number of benzene rings is 1. The molecule has 0 atom stereocenters. The highest BCUT2D eigenvalue weighted by molar-refractivity contribution is 6.31. The lowest BCUT2D eigenvalue weighted by molar-refractivity contribution is 0.417. The van der Waals surface area contributed by atoms with E-state index in [1.165, 1.54) is 6.33 Å². The number of methoxy groups -OCH3 is 1. The smallest absolute Gasteiger partial charge is 0.163 e. The number of nitrogens with zero attached hydrogens (tertiary/aromatic N) is 4. The molecule has 0 bridgehead atoms. The highest BCUT2D eigenvalue weighted by atomic mass is 35.5. The second kappa shape index (κ2) is 5.21. The fourth-order valence-corrected chi connectivity index (χ4v) is 2.45. The van der Waals surface area contributed by atoms with Gasteiger partial charge in [-0.05, 0) is 25.1 Å². The summed E-state index contributed by atoms with van der Waals surface area (Å²) in [5.41, 5.74) is 2.37.